The van der Waals surface area contributed by atoms with E-state index in [1.54, 1.807) is 0 Å². The number of rotatable bonds is 3. The second-order valence-electron chi connectivity index (χ2n) is 5.93. The van der Waals surface area contributed by atoms with Crippen LogP contribution in [0.3, 0.4) is 0 Å². The Balaban J connectivity index is 2.25. The molecular weight excluding hydrogens is 312 g/mol. The number of ether oxygens (including phenoxy) is 3. The molecule has 0 amide bonds. The second kappa shape index (κ2) is 5.87. The Morgan fingerprint density at radius 2 is 1.75 bits per heavy atom. The number of hydrogen-bond acceptors (Lipinski definition) is 6. The summed E-state index contributed by atoms with van der Waals surface area (Å²) in [6, 6.07) is 7.46. The van der Waals surface area contributed by atoms with E-state index >= 15 is 0 Å². The fourth-order valence-electron chi connectivity index (χ4n) is 3.38. The van der Waals surface area contributed by atoms with Crippen LogP contribution in [0.25, 0.3) is 0 Å². The number of methoxy groups -OCH3 is 2. The van der Waals surface area contributed by atoms with Crippen molar-refractivity contribution in [2.45, 2.75) is 31.5 Å². The molecule has 2 aliphatic rings. The van der Waals surface area contributed by atoms with Crippen LogP contribution < -0.4 is 0 Å². The van der Waals surface area contributed by atoms with Gasteiger partial charge in [0.1, 0.15) is 5.60 Å². The van der Waals surface area contributed by atoms with Gasteiger partial charge in [0.05, 0.1) is 25.4 Å². The normalized spacial score (nSPS) is 25.6. The Labute approximate surface area is 139 Å². The predicted molar refractivity (Wildman–Crippen MR) is 83.0 cm³/mol. The van der Waals surface area contributed by atoms with Gasteiger partial charge in [-0.1, -0.05) is 29.8 Å². The van der Waals surface area contributed by atoms with Crippen molar-refractivity contribution in [3.8, 4) is 0 Å². The summed E-state index contributed by atoms with van der Waals surface area (Å²) in [7, 11) is 2.44. The summed E-state index contributed by atoms with van der Waals surface area (Å²) >= 11 is 0. The first-order valence-corrected chi connectivity index (χ1v) is 7.63. The van der Waals surface area contributed by atoms with Crippen molar-refractivity contribution in [2.75, 3.05) is 14.2 Å². The average molecular weight is 330 g/mol. The van der Waals surface area contributed by atoms with Crippen LogP contribution in [0, 0.1) is 6.92 Å². The molecule has 3 rings (SSSR count). The van der Waals surface area contributed by atoms with E-state index in [1.807, 2.05) is 31.2 Å². The molecular formula is C18H18O6. The molecule has 24 heavy (non-hydrogen) atoms. The van der Waals surface area contributed by atoms with Gasteiger partial charge in [-0.05, 0) is 18.9 Å². The zero-order valence-electron chi connectivity index (χ0n) is 13.8. The van der Waals surface area contributed by atoms with Gasteiger partial charge in [0.25, 0.3) is 0 Å². The fraction of sp³-hybridized carbons (Fsp3) is 0.389. The molecule has 1 aromatic rings. The summed E-state index contributed by atoms with van der Waals surface area (Å²) in [4.78, 5) is 36.9. The lowest BCUT2D eigenvalue weighted by atomic mass is 9.81. The number of esters is 2. The molecule has 1 fully saturated rings. The minimum absolute atomic E-state index is 0.0487. The smallest absolute Gasteiger partial charge is 0.337 e. The average Bonchev–Trinajstić information content (AvgIpc) is 2.89. The largest absolute Gasteiger partial charge is 0.466 e. The first-order chi connectivity index (χ1) is 11.4. The van der Waals surface area contributed by atoms with E-state index < -0.39 is 23.6 Å². The third-order valence-electron chi connectivity index (χ3n) is 4.58. The molecule has 0 aromatic heterocycles. The van der Waals surface area contributed by atoms with Crippen molar-refractivity contribution >= 4 is 17.7 Å². The molecule has 2 unspecified atom stereocenters. The minimum atomic E-state index is -1.16. The molecule has 2 heterocycles. The van der Waals surface area contributed by atoms with Gasteiger partial charge in [0.2, 0.25) is 0 Å². The molecule has 1 saturated heterocycles. The summed E-state index contributed by atoms with van der Waals surface area (Å²) < 4.78 is 15.6. The van der Waals surface area contributed by atoms with E-state index in [-0.39, 0.29) is 29.8 Å². The molecule has 1 aromatic carbocycles. The van der Waals surface area contributed by atoms with Gasteiger partial charge in [0, 0.05) is 6.42 Å². The number of Topliss-reactive ketones (excluding diaryl/α,β-unsaturated/α-hetero) is 1. The van der Waals surface area contributed by atoms with Crippen molar-refractivity contribution in [3.63, 3.8) is 0 Å². The van der Waals surface area contributed by atoms with E-state index in [0.29, 0.717) is 5.56 Å². The van der Waals surface area contributed by atoms with Gasteiger partial charge in [-0.2, -0.15) is 0 Å². The van der Waals surface area contributed by atoms with Gasteiger partial charge < -0.3 is 14.2 Å². The Hall–Kier alpha value is -2.47. The first kappa shape index (κ1) is 16.4. The molecule has 6 nitrogen and oxygen atoms in total. The summed E-state index contributed by atoms with van der Waals surface area (Å²) in [5.74, 6) is -1.67. The van der Waals surface area contributed by atoms with Crippen LogP contribution >= 0.6 is 0 Å². The lowest BCUT2D eigenvalue weighted by molar-refractivity contribution is -0.152. The highest BCUT2D eigenvalue weighted by Gasteiger charge is 2.58. The molecule has 2 aliphatic heterocycles. The van der Waals surface area contributed by atoms with Crippen LogP contribution in [0.15, 0.2) is 35.4 Å². The van der Waals surface area contributed by atoms with Crippen molar-refractivity contribution in [2.24, 2.45) is 0 Å². The Morgan fingerprint density at radius 1 is 1.12 bits per heavy atom. The van der Waals surface area contributed by atoms with E-state index in [2.05, 4.69) is 0 Å². The van der Waals surface area contributed by atoms with Crippen molar-refractivity contribution in [3.05, 3.63) is 46.5 Å². The molecule has 2 bridgehead atoms. The van der Waals surface area contributed by atoms with Gasteiger partial charge in [0.15, 0.2) is 11.9 Å². The molecule has 0 aliphatic carbocycles. The Morgan fingerprint density at radius 3 is 2.33 bits per heavy atom. The van der Waals surface area contributed by atoms with Crippen molar-refractivity contribution in [1.82, 2.24) is 0 Å². The van der Waals surface area contributed by atoms with Crippen LogP contribution in [-0.4, -0.2) is 38.0 Å². The van der Waals surface area contributed by atoms with Crippen LogP contribution in [0.5, 0.6) is 0 Å². The van der Waals surface area contributed by atoms with E-state index in [9.17, 15) is 14.4 Å². The highest BCUT2D eigenvalue weighted by Crippen LogP contribution is 2.51. The number of fused-ring (bicyclic) bond motifs is 2. The van der Waals surface area contributed by atoms with Crippen molar-refractivity contribution < 1.29 is 28.6 Å². The zero-order chi connectivity index (χ0) is 17.5. The lowest BCUT2D eigenvalue weighted by Gasteiger charge is -2.35. The predicted octanol–water partition coefficient (Wildman–Crippen LogP) is 1.59. The monoisotopic (exact) mass is 330 g/mol. The summed E-state index contributed by atoms with van der Waals surface area (Å²) in [6.07, 6.45) is -0.614. The maximum Gasteiger partial charge on any atom is 0.337 e. The second-order valence-corrected chi connectivity index (χ2v) is 5.93. The molecule has 6 heteroatoms. The molecule has 0 N–H and O–H groups in total. The van der Waals surface area contributed by atoms with E-state index in [4.69, 9.17) is 14.2 Å². The van der Waals surface area contributed by atoms with E-state index in [0.717, 1.165) is 5.56 Å². The highest BCUT2D eigenvalue weighted by molar-refractivity contribution is 6.09. The SMILES string of the molecule is COC(=O)C1=C(C(=O)OC)C2(c3ccc(C)cc3)CCC(=O)C1O2. The molecule has 126 valence electrons. The number of ketones is 1. The lowest BCUT2D eigenvalue weighted by Crippen LogP contribution is -2.40. The van der Waals surface area contributed by atoms with E-state index in [1.165, 1.54) is 14.2 Å². The molecule has 0 radical (unpaired) electrons. The number of hydrogen-bond donors (Lipinski definition) is 0. The topological polar surface area (TPSA) is 78.9 Å². The molecule has 2 atom stereocenters. The Bertz CT molecular complexity index is 745. The van der Waals surface area contributed by atoms with Crippen LogP contribution in [-0.2, 0) is 34.2 Å². The number of carbonyl (C=O) groups is 3. The summed E-state index contributed by atoms with van der Waals surface area (Å²) in [6.45, 7) is 1.95. The third kappa shape index (κ3) is 2.26. The van der Waals surface area contributed by atoms with Gasteiger partial charge in [-0.3, -0.25) is 4.79 Å². The van der Waals surface area contributed by atoms with Crippen molar-refractivity contribution in [1.29, 1.82) is 0 Å². The molecule has 0 saturated carbocycles. The number of carbonyl (C=O) groups excluding carboxylic acids is 3. The number of benzene rings is 1. The summed E-state index contributed by atoms with van der Waals surface area (Å²) in [5, 5.41) is 0. The van der Waals surface area contributed by atoms with Gasteiger partial charge in [-0.25, -0.2) is 9.59 Å². The highest BCUT2D eigenvalue weighted by atomic mass is 16.6. The molecule has 0 spiro atoms. The zero-order valence-corrected chi connectivity index (χ0v) is 13.8. The van der Waals surface area contributed by atoms with Crippen LogP contribution in [0.1, 0.15) is 24.0 Å². The van der Waals surface area contributed by atoms with Gasteiger partial charge >= 0.3 is 11.9 Å². The van der Waals surface area contributed by atoms with Gasteiger partial charge in [-0.15, -0.1) is 0 Å². The first-order valence-electron chi connectivity index (χ1n) is 7.63. The van der Waals surface area contributed by atoms with Crippen LogP contribution in [0.2, 0.25) is 0 Å². The maximum absolute atomic E-state index is 12.5. The summed E-state index contributed by atoms with van der Waals surface area (Å²) in [5.41, 5.74) is 0.616. The third-order valence-corrected chi connectivity index (χ3v) is 4.58. The minimum Gasteiger partial charge on any atom is -0.466 e. The number of aryl methyl sites for hydroxylation is 1. The standard InChI is InChI=1S/C18H18O6/c1-10-4-6-11(7-5-10)18-9-8-12(19)15(24-18)13(16(20)22-2)14(18)17(21)23-3/h4-7,15H,8-9H2,1-3H3. The maximum atomic E-state index is 12.5. The fourth-order valence-corrected chi connectivity index (χ4v) is 3.38. The quantitative estimate of drug-likeness (QED) is 0.783. The Kier molecular flexibility index (Phi) is 4.01. The van der Waals surface area contributed by atoms with Crippen LogP contribution in [0.4, 0.5) is 0 Å².